The Labute approximate surface area is 220 Å². The maximum Gasteiger partial charge on any atom is 0.193 e. The standard InChI is InChI=1S/C29H33N5O.H2S/c1-21-14-23(15-22(2)31-21)17-34(26-9-7-13-33(20-26)25-8-6-12-30-16-25)19-24-18-32(3)28-11-5-4-10-27(28)29(24)35;/h4-6,8,10-12,14-16,18,26H,7,9,13,17,19-20H2,1-3H3;1H2/t26-;/m0./s1. The van der Waals surface area contributed by atoms with E-state index < -0.39 is 0 Å². The lowest BCUT2D eigenvalue weighted by atomic mass is 10.0. The van der Waals surface area contributed by atoms with Gasteiger partial charge in [-0.3, -0.25) is 19.7 Å². The Morgan fingerprint density at radius 3 is 2.58 bits per heavy atom. The van der Waals surface area contributed by atoms with E-state index >= 15 is 0 Å². The molecule has 7 heteroatoms. The molecule has 0 radical (unpaired) electrons. The highest BCUT2D eigenvalue weighted by molar-refractivity contribution is 7.59. The SMILES string of the molecule is Cc1cc(CN(Cc2cn(C)c3ccccc3c2=O)[C@H]2CCCN(c3cccnc3)C2)cc(C)n1.S. The zero-order valence-corrected chi connectivity index (χ0v) is 22.3. The van der Waals surface area contributed by atoms with E-state index in [-0.39, 0.29) is 18.9 Å². The lowest BCUT2D eigenvalue weighted by molar-refractivity contribution is 0.158. The summed E-state index contributed by atoms with van der Waals surface area (Å²) in [6.45, 7) is 7.44. The highest BCUT2D eigenvalue weighted by atomic mass is 32.1. The Kier molecular flexibility index (Phi) is 8.11. The maximum absolute atomic E-state index is 13.5. The largest absolute Gasteiger partial charge is 0.369 e. The van der Waals surface area contributed by atoms with Crippen LogP contribution in [0.2, 0.25) is 0 Å². The average molecular weight is 502 g/mol. The first-order valence-corrected chi connectivity index (χ1v) is 12.4. The zero-order valence-electron chi connectivity index (χ0n) is 21.3. The molecule has 3 aromatic heterocycles. The van der Waals surface area contributed by atoms with Crippen LogP contribution >= 0.6 is 13.5 Å². The van der Waals surface area contributed by atoms with Gasteiger partial charge in [0.1, 0.15) is 0 Å². The molecule has 1 atom stereocenters. The number of aromatic nitrogens is 3. The number of rotatable bonds is 6. The maximum atomic E-state index is 13.5. The predicted molar refractivity (Wildman–Crippen MR) is 152 cm³/mol. The Morgan fingerprint density at radius 1 is 1.06 bits per heavy atom. The normalized spacial score (nSPS) is 15.8. The number of anilines is 1. The van der Waals surface area contributed by atoms with Crippen LogP contribution in [0.3, 0.4) is 0 Å². The number of nitrogens with zero attached hydrogens (tertiary/aromatic N) is 5. The Balaban J connectivity index is 0.00000304. The molecular formula is C29H35N5OS. The van der Waals surface area contributed by atoms with Gasteiger partial charge in [0.2, 0.25) is 0 Å². The fourth-order valence-corrected chi connectivity index (χ4v) is 5.43. The summed E-state index contributed by atoms with van der Waals surface area (Å²) >= 11 is 0. The van der Waals surface area contributed by atoms with Crippen molar-refractivity contribution in [1.82, 2.24) is 19.4 Å². The monoisotopic (exact) mass is 501 g/mol. The van der Waals surface area contributed by atoms with E-state index in [9.17, 15) is 4.79 Å². The van der Waals surface area contributed by atoms with Crippen molar-refractivity contribution in [3.63, 3.8) is 0 Å². The zero-order chi connectivity index (χ0) is 24.4. The molecule has 4 aromatic rings. The minimum absolute atomic E-state index is 0. The van der Waals surface area contributed by atoms with Gasteiger partial charge in [0.15, 0.2) is 5.43 Å². The number of hydrogen-bond donors (Lipinski definition) is 0. The lowest BCUT2D eigenvalue weighted by Crippen LogP contribution is -2.48. The molecule has 4 heterocycles. The smallest absolute Gasteiger partial charge is 0.193 e. The highest BCUT2D eigenvalue weighted by Gasteiger charge is 2.27. The second-order valence-corrected chi connectivity index (χ2v) is 9.73. The van der Waals surface area contributed by atoms with E-state index in [1.165, 1.54) is 5.56 Å². The van der Waals surface area contributed by atoms with Crippen molar-refractivity contribution in [2.75, 3.05) is 18.0 Å². The van der Waals surface area contributed by atoms with Crippen LogP contribution in [0.5, 0.6) is 0 Å². The number of hydrogen-bond acceptors (Lipinski definition) is 5. The van der Waals surface area contributed by atoms with Crippen LogP contribution in [0, 0.1) is 13.8 Å². The summed E-state index contributed by atoms with van der Waals surface area (Å²) in [5, 5.41) is 0.781. The van der Waals surface area contributed by atoms with Gasteiger partial charge < -0.3 is 9.47 Å². The summed E-state index contributed by atoms with van der Waals surface area (Å²) < 4.78 is 2.08. The van der Waals surface area contributed by atoms with Gasteiger partial charge in [-0.2, -0.15) is 13.5 Å². The Hall–Kier alpha value is -3.16. The number of aryl methyl sites for hydroxylation is 3. The van der Waals surface area contributed by atoms with Crippen LogP contribution in [0.4, 0.5) is 5.69 Å². The first-order valence-electron chi connectivity index (χ1n) is 12.4. The number of benzene rings is 1. The van der Waals surface area contributed by atoms with Crippen molar-refractivity contribution in [3.05, 3.63) is 99.9 Å². The molecule has 36 heavy (non-hydrogen) atoms. The van der Waals surface area contributed by atoms with E-state index in [0.29, 0.717) is 12.6 Å². The molecule has 0 bridgehead atoms. The minimum atomic E-state index is 0. The molecule has 0 N–H and O–H groups in total. The lowest BCUT2D eigenvalue weighted by Gasteiger charge is -2.40. The summed E-state index contributed by atoms with van der Waals surface area (Å²) in [7, 11) is 2.02. The van der Waals surface area contributed by atoms with Gasteiger partial charge in [0.05, 0.1) is 17.4 Å². The molecule has 6 nitrogen and oxygen atoms in total. The van der Waals surface area contributed by atoms with Crippen molar-refractivity contribution in [1.29, 1.82) is 0 Å². The molecule has 0 unspecified atom stereocenters. The van der Waals surface area contributed by atoms with Gasteiger partial charge in [0.25, 0.3) is 0 Å². The molecule has 0 saturated carbocycles. The van der Waals surface area contributed by atoms with Crippen molar-refractivity contribution in [2.24, 2.45) is 7.05 Å². The molecule has 0 aliphatic carbocycles. The van der Waals surface area contributed by atoms with Crippen LogP contribution in [-0.2, 0) is 20.1 Å². The molecule has 188 valence electrons. The molecule has 0 amide bonds. The van der Waals surface area contributed by atoms with E-state index in [2.05, 4.69) is 42.5 Å². The molecule has 1 saturated heterocycles. The number of fused-ring (bicyclic) bond motifs is 1. The minimum Gasteiger partial charge on any atom is -0.369 e. The quantitative estimate of drug-likeness (QED) is 0.382. The Bertz CT molecular complexity index is 1370. The number of pyridine rings is 3. The third-order valence-electron chi connectivity index (χ3n) is 6.99. The Morgan fingerprint density at radius 2 is 1.83 bits per heavy atom. The van der Waals surface area contributed by atoms with Crippen LogP contribution in [-0.4, -0.2) is 38.6 Å². The van der Waals surface area contributed by atoms with Crippen molar-refractivity contribution < 1.29 is 0 Å². The van der Waals surface area contributed by atoms with Crippen LogP contribution in [0.25, 0.3) is 10.9 Å². The van der Waals surface area contributed by atoms with Gasteiger partial charge >= 0.3 is 0 Å². The van der Waals surface area contributed by atoms with Gasteiger partial charge in [0, 0.05) is 74.0 Å². The topological polar surface area (TPSA) is 54.3 Å². The van der Waals surface area contributed by atoms with Crippen molar-refractivity contribution in [3.8, 4) is 0 Å². The third kappa shape index (κ3) is 5.63. The molecule has 1 aliphatic rings. The van der Waals surface area contributed by atoms with Crippen LogP contribution in [0.1, 0.15) is 35.4 Å². The first kappa shape index (κ1) is 25.9. The van der Waals surface area contributed by atoms with E-state index in [4.69, 9.17) is 0 Å². The predicted octanol–water partition coefficient (Wildman–Crippen LogP) is 4.73. The fourth-order valence-electron chi connectivity index (χ4n) is 5.43. The fraction of sp³-hybridized carbons (Fsp3) is 0.345. The third-order valence-corrected chi connectivity index (χ3v) is 6.99. The van der Waals surface area contributed by atoms with E-state index in [1.54, 1.807) is 0 Å². The van der Waals surface area contributed by atoms with E-state index in [1.807, 2.05) is 69.8 Å². The van der Waals surface area contributed by atoms with Crippen LogP contribution < -0.4 is 10.3 Å². The highest BCUT2D eigenvalue weighted by Crippen LogP contribution is 2.25. The first-order chi connectivity index (χ1) is 17.0. The molecule has 0 spiro atoms. The summed E-state index contributed by atoms with van der Waals surface area (Å²) in [6.07, 6.45) is 8.00. The van der Waals surface area contributed by atoms with Crippen molar-refractivity contribution in [2.45, 2.75) is 45.8 Å². The molecule has 1 aromatic carbocycles. The molecule has 1 fully saturated rings. The number of para-hydroxylation sites is 1. The second kappa shape index (κ2) is 11.3. The number of piperidine rings is 1. The molecule has 1 aliphatic heterocycles. The second-order valence-electron chi connectivity index (χ2n) is 9.73. The summed E-state index contributed by atoms with van der Waals surface area (Å²) in [4.78, 5) is 27.3. The van der Waals surface area contributed by atoms with Gasteiger partial charge in [-0.1, -0.05) is 12.1 Å². The summed E-state index contributed by atoms with van der Waals surface area (Å²) in [5.41, 5.74) is 6.40. The van der Waals surface area contributed by atoms with Gasteiger partial charge in [-0.25, -0.2) is 0 Å². The van der Waals surface area contributed by atoms with Crippen molar-refractivity contribution >= 4 is 30.1 Å². The van der Waals surface area contributed by atoms with E-state index in [0.717, 1.165) is 66.0 Å². The molecular weight excluding hydrogens is 466 g/mol. The molecule has 5 rings (SSSR count). The van der Waals surface area contributed by atoms with Crippen LogP contribution in [0.15, 0.2) is 71.9 Å². The van der Waals surface area contributed by atoms with Gasteiger partial charge in [-0.05, 0) is 68.7 Å². The summed E-state index contributed by atoms with van der Waals surface area (Å²) in [6, 6.07) is 16.7. The average Bonchev–Trinajstić information content (AvgIpc) is 2.87. The van der Waals surface area contributed by atoms with Gasteiger partial charge in [-0.15, -0.1) is 0 Å². The summed E-state index contributed by atoms with van der Waals surface area (Å²) in [5.74, 6) is 0.